The fourth-order valence-corrected chi connectivity index (χ4v) is 7.09. The molecule has 1 aromatic heterocycles. The zero-order valence-corrected chi connectivity index (χ0v) is 31.8. The molecule has 0 bridgehead atoms. The van der Waals surface area contributed by atoms with Crippen LogP contribution < -0.4 is 18.9 Å². The van der Waals surface area contributed by atoms with Crippen molar-refractivity contribution in [3.8, 4) is 23.0 Å². The number of aliphatic carboxylic acids is 1. The molecule has 2 aliphatic rings. The molecule has 1 fully saturated rings. The van der Waals surface area contributed by atoms with Gasteiger partial charge in [-0.3, -0.25) is 33.7 Å². The van der Waals surface area contributed by atoms with Crippen molar-refractivity contribution in [3.63, 3.8) is 0 Å². The number of likely N-dealkylation sites (tertiary alicyclic amines) is 1. The van der Waals surface area contributed by atoms with Crippen LogP contribution in [-0.2, 0) is 46.5 Å². The van der Waals surface area contributed by atoms with Gasteiger partial charge in [-0.2, -0.15) is 0 Å². The summed E-state index contributed by atoms with van der Waals surface area (Å²) in [5, 5.41) is 8.99. The Kier molecular flexibility index (Phi) is 13.7. The molecule has 0 radical (unpaired) electrons. The number of carboxylic acids is 1. The molecule has 5 rings (SSSR count). The Morgan fingerprint density at radius 2 is 1.61 bits per heavy atom. The number of carbonyl (C=O) groups excluding carboxylic acids is 5. The van der Waals surface area contributed by atoms with Crippen LogP contribution >= 0.6 is 11.3 Å². The van der Waals surface area contributed by atoms with E-state index in [4.69, 9.17) is 34.9 Å². The Bertz CT molecular complexity index is 2040. The van der Waals surface area contributed by atoms with Crippen LogP contribution in [0.4, 0.5) is 8.78 Å². The van der Waals surface area contributed by atoms with E-state index in [1.807, 2.05) is 0 Å². The van der Waals surface area contributed by atoms with Crippen molar-refractivity contribution in [1.29, 1.82) is 0 Å². The number of ketones is 1. The second-order valence-corrected chi connectivity index (χ2v) is 14.0. The number of fused-ring (bicyclic) bond motifs is 2. The Balaban J connectivity index is 1.09. The highest BCUT2D eigenvalue weighted by Crippen LogP contribution is 2.41. The van der Waals surface area contributed by atoms with E-state index in [1.165, 1.54) is 31.3 Å². The molecule has 1 unspecified atom stereocenters. The minimum absolute atomic E-state index is 0.00530. The first-order valence-corrected chi connectivity index (χ1v) is 18.5. The van der Waals surface area contributed by atoms with E-state index in [2.05, 4.69) is 0 Å². The van der Waals surface area contributed by atoms with Crippen molar-refractivity contribution < 1.29 is 72.4 Å². The van der Waals surface area contributed by atoms with Gasteiger partial charge in [0.1, 0.15) is 6.10 Å². The molecular formula is C38H42F2N2O13S. The Hall–Kier alpha value is -5.36. The fourth-order valence-electron chi connectivity index (χ4n) is 6.04. The standard InChI is InChI=1S/C38H42F2N2O13S/c1-21(20-52-14-11-42-31(45)6-7-32(42)46)55-34(49)10-5-25(43)29-16-23-28(56-29)17-27(51-3)38(35(23)39)54-13-4-12-53-37-26(50-2)15-22-18-41(19-24(22)36(37)40)30(44)8-9-33(47)48/h15-17,21H,4-14,18-20H2,1-3H3,(H,47,48)/t21-/m0/s1/i6T/t6?,21-. The van der Waals surface area contributed by atoms with Crippen LogP contribution in [0.3, 0.4) is 0 Å². The van der Waals surface area contributed by atoms with Gasteiger partial charge in [0.25, 0.3) is 0 Å². The lowest BCUT2D eigenvalue weighted by Crippen LogP contribution is -2.33. The van der Waals surface area contributed by atoms with Crippen LogP contribution in [0.15, 0.2) is 18.2 Å². The predicted octanol–water partition coefficient (Wildman–Crippen LogP) is 4.81. The van der Waals surface area contributed by atoms with Crippen LogP contribution in [-0.4, -0.2) is 104 Å². The van der Waals surface area contributed by atoms with Crippen molar-refractivity contribution in [2.45, 2.75) is 71.0 Å². The number of hydrogen-bond acceptors (Lipinski definition) is 13. The zero-order chi connectivity index (χ0) is 41.4. The first-order chi connectivity index (χ1) is 27.2. The summed E-state index contributed by atoms with van der Waals surface area (Å²) in [6.07, 6.45) is -2.72. The van der Waals surface area contributed by atoms with E-state index in [0.29, 0.717) is 10.3 Å². The highest BCUT2D eigenvalue weighted by Gasteiger charge is 2.31. The summed E-state index contributed by atoms with van der Waals surface area (Å²) in [5.74, 6) is -5.23. The second kappa shape index (κ2) is 19.0. The van der Waals surface area contributed by atoms with Gasteiger partial charge in [-0.15, -0.1) is 11.3 Å². The van der Waals surface area contributed by atoms with Crippen molar-refractivity contribution >= 4 is 56.9 Å². The molecule has 1 N–H and O–H groups in total. The van der Waals surface area contributed by atoms with E-state index in [-0.39, 0.29) is 123 Å². The summed E-state index contributed by atoms with van der Waals surface area (Å²) in [6.45, 7) is 1.51. The number of ether oxygens (including phenoxy) is 6. The number of carbonyl (C=O) groups is 6. The number of hydrogen-bond donors (Lipinski definition) is 1. The number of imide groups is 1. The minimum Gasteiger partial charge on any atom is -0.493 e. The molecule has 2 aliphatic heterocycles. The molecule has 2 aromatic carbocycles. The highest BCUT2D eigenvalue weighted by molar-refractivity contribution is 7.20. The molecule has 0 aliphatic carbocycles. The molecule has 56 heavy (non-hydrogen) atoms. The maximum absolute atomic E-state index is 15.8. The number of Topliss-reactive ketones (excluding diaryl/α,β-unsaturated/α-hetero) is 1. The normalized spacial score (nSPS) is 15.8. The number of amides is 3. The van der Waals surface area contributed by atoms with Crippen LogP contribution in [0.25, 0.3) is 10.1 Å². The molecule has 1 saturated heterocycles. The lowest BCUT2D eigenvalue weighted by Gasteiger charge is -2.16. The van der Waals surface area contributed by atoms with Crippen LogP contribution in [0, 0.1) is 11.6 Å². The molecule has 0 saturated carbocycles. The average Bonchev–Trinajstić information content (AvgIpc) is 3.88. The van der Waals surface area contributed by atoms with E-state index in [0.717, 1.165) is 16.2 Å². The molecule has 3 aromatic rings. The molecule has 3 amide bonds. The summed E-state index contributed by atoms with van der Waals surface area (Å²) in [5.41, 5.74) is 0.761. The second-order valence-electron chi connectivity index (χ2n) is 12.9. The number of esters is 1. The number of rotatable bonds is 21. The SMILES string of the molecule is [3H]C1CC(=O)N(CCOC[C@H](C)OC(=O)CCC(=O)c2cc3c(F)c(OCCCOc4c(OC)cc5c(c4F)CN(C(=O)CCC(=O)O)C5)c(OC)cc3s2)C1=O. The lowest BCUT2D eigenvalue weighted by atomic mass is 10.1. The molecule has 2 atom stereocenters. The number of benzene rings is 2. The molecule has 0 spiro atoms. The summed E-state index contributed by atoms with van der Waals surface area (Å²) < 4.78 is 72.0. The third-order valence-corrected chi connectivity index (χ3v) is 10.0. The maximum atomic E-state index is 15.8. The largest absolute Gasteiger partial charge is 0.493 e. The van der Waals surface area contributed by atoms with Gasteiger partial charge in [0.05, 0.1) is 64.9 Å². The van der Waals surface area contributed by atoms with Gasteiger partial charge in [-0.1, -0.05) is 0 Å². The average molecular weight is 807 g/mol. The van der Waals surface area contributed by atoms with E-state index in [9.17, 15) is 28.8 Å². The molecule has 3 heterocycles. The predicted molar refractivity (Wildman–Crippen MR) is 194 cm³/mol. The summed E-state index contributed by atoms with van der Waals surface area (Å²) in [6, 6.07) is 4.47. The van der Waals surface area contributed by atoms with Gasteiger partial charge >= 0.3 is 11.9 Å². The van der Waals surface area contributed by atoms with Gasteiger partial charge in [0, 0.05) is 68.3 Å². The van der Waals surface area contributed by atoms with Gasteiger partial charge < -0.3 is 38.4 Å². The summed E-state index contributed by atoms with van der Waals surface area (Å²) in [7, 11) is 2.68. The Morgan fingerprint density at radius 3 is 2.27 bits per heavy atom. The number of methoxy groups -OCH3 is 2. The lowest BCUT2D eigenvalue weighted by molar-refractivity contribution is -0.151. The van der Waals surface area contributed by atoms with E-state index in [1.54, 1.807) is 13.0 Å². The molecular weight excluding hydrogens is 762 g/mol. The smallest absolute Gasteiger partial charge is 0.306 e. The summed E-state index contributed by atoms with van der Waals surface area (Å²) >= 11 is 1.02. The third kappa shape index (κ3) is 10.1. The van der Waals surface area contributed by atoms with Gasteiger partial charge in [0.2, 0.25) is 17.7 Å². The number of carboxylic acid groups (broad SMARTS) is 1. The Morgan fingerprint density at radius 1 is 0.911 bits per heavy atom. The highest BCUT2D eigenvalue weighted by atomic mass is 32.1. The molecule has 302 valence electrons. The summed E-state index contributed by atoms with van der Waals surface area (Å²) in [4.78, 5) is 74.8. The topological polar surface area (TPSA) is 185 Å². The molecule has 18 heteroatoms. The fraction of sp³-hybridized carbons (Fsp3) is 0.474. The van der Waals surface area contributed by atoms with E-state index < -0.39 is 59.6 Å². The van der Waals surface area contributed by atoms with Crippen molar-refractivity contribution in [2.75, 3.05) is 47.2 Å². The van der Waals surface area contributed by atoms with Gasteiger partial charge in [0.15, 0.2) is 40.4 Å². The van der Waals surface area contributed by atoms with Crippen LogP contribution in [0.2, 0.25) is 0 Å². The first-order valence-electron chi connectivity index (χ1n) is 18.3. The van der Waals surface area contributed by atoms with Crippen molar-refractivity contribution in [1.82, 2.24) is 9.80 Å². The van der Waals surface area contributed by atoms with Gasteiger partial charge in [-0.05, 0) is 24.6 Å². The van der Waals surface area contributed by atoms with E-state index >= 15 is 8.78 Å². The van der Waals surface area contributed by atoms with Crippen molar-refractivity contribution in [2.24, 2.45) is 0 Å². The Labute approximate surface area is 325 Å². The van der Waals surface area contributed by atoms with Crippen LogP contribution in [0.5, 0.6) is 23.0 Å². The third-order valence-electron chi connectivity index (χ3n) is 8.89. The first kappa shape index (κ1) is 40.3. The number of nitrogens with zero attached hydrogens (tertiary/aromatic N) is 2. The van der Waals surface area contributed by atoms with Crippen molar-refractivity contribution in [3.05, 3.63) is 45.8 Å². The quantitative estimate of drug-likeness (QED) is 0.0670. The maximum Gasteiger partial charge on any atom is 0.306 e. The minimum atomic E-state index is -1.11. The number of thiophene rings is 1. The zero-order valence-electron chi connectivity index (χ0n) is 32.0. The monoisotopic (exact) mass is 806 g/mol. The van der Waals surface area contributed by atoms with Crippen LogP contribution in [0.1, 0.15) is 74.0 Å². The number of halogens is 2. The molecule has 15 nitrogen and oxygen atoms in total. The van der Waals surface area contributed by atoms with Gasteiger partial charge in [-0.25, -0.2) is 8.78 Å².